The molecule has 1 saturated carbocycles. The van der Waals surface area contributed by atoms with Gasteiger partial charge in [-0.3, -0.25) is 0 Å². The molecule has 0 radical (unpaired) electrons. The van der Waals surface area contributed by atoms with E-state index in [1.165, 1.54) is 0 Å². The monoisotopic (exact) mass is 245 g/mol. The van der Waals surface area contributed by atoms with Gasteiger partial charge in [0.05, 0.1) is 0 Å². The molecule has 0 aromatic heterocycles. The fourth-order valence-corrected chi connectivity index (χ4v) is 2.07. The number of hydrogen-bond donors (Lipinski definition) is 1. The van der Waals surface area contributed by atoms with Crippen LogP contribution in [0.5, 0.6) is 5.75 Å². The van der Waals surface area contributed by atoms with E-state index in [9.17, 15) is 13.2 Å². The number of nitrogens with two attached hydrogens (primary N) is 1. The Morgan fingerprint density at radius 2 is 1.88 bits per heavy atom. The lowest BCUT2D eigenvalue weighted by molar-refractivity contribution is 0.137. The molecule has 17 heavy (non-hydrogen) atoms. The second-order valence-electron chi connectivity index (χ2n) is 4.34. The lowest BCUT2D eigenvalue weighted by Gasteiger charge is -2.27. The van der Waals surface area contributed by atoms with Crippen molar-refractivity contribution in [3.63, 3.8) is 0 Å². The van der Waals surface area contributed by atoms with Gasteiger partial charge < -0.3 is 10.5 Å². The zero-order valence-electron chi connectivity index (χ0n) is 9.26. The zero-order chi connectivity index (χ0) is 12.4. The van der Waals surface area contributed by atoms with Crippen LogP contribution >= 0.6 is 0 Å². The Morgan fingerprint density at radius 1 is 1.12 bits per heavy atom. The van der Waals surface area contributed by atoms with Crippen molar-refractivity contribution in [2.45, 2.75) is 37.8 Å². The molecule has 2 unspecified atom stereocenters. The first kappa shape index (κ1) is 12.2. The number of benzene rings is 1. The van der Waals surface area contributed by atoms with Gasteiger partial charge >= 0.3 is 0 Å². The van der Waals surface area contributed by atoms with Crippen molar-refractivity contribution < 1.29 is 17.9 Å². The van der Waals surface area contributed by atoms with E-state index in [1.54, 1.807) is 0 Å². The van der Waals surface area contributed by atoms with Crippen LogP contribution in [0.4, 0.5) is 13.2 Å². The van der Waals surface area contributed by atoms with E-state index in [4.69, 9.17) is 10.5 Å². The van der Waals surface area contributed by atoms with Crippen LogP contribution < -0.4 is 10.5 Å². The third kappa shape index (κ3) is 2.72. The molecule has 94 valence electrons. The van der Waals surface area contributed by atoms with Gasteiger partial charge in [-0.2, -0.15) is 4.39 Å². The van der Waals surface area contributed by atoms with Gasteiger partial charge in [0.2, 0.25) is 5.82 Å². The highest BCUT2D eigenvalue weighted by atomic mass is 19.2. The van der Waals surface area contributed by atoms with Crippen LogP contribution in [0.25, 0.3) is 0 Å². The minimum Gasteiger partial charge on any atom is -0.487 e. The van der Waals surface area contributed by atoms with E-state index in [2.05, 4.69) is 0 Å². The van der Waals surface area contributed by atoms with Gasteiger partial charge in [-0.25, -0.2) is 8.78 Å². The normalized spacial score (nSPS) is 24.7. The first-order chi connectivity index (χ1) is 8.08. The Kier molecular flexibility index (Phi) is 3.57. The molecule has 0 spiro atoms. The van der Waals surface area contributed by atoms with Gasteiger partial charge in [0.25, 0.3) is 0 Å². The average molecular weight is 245 g/mol. The topological polar surface area (TPSA) is 35.2 Å². The van der Waals surface area contributed by atoms with E-state index >= 15 is 0 Å². The Morgan fingerprint density at radius 3 is 2.59 bits per heavy atom. The van der Waals surface area contributed by atoms with Crippen molar-refractivity contribution in [2.24, 2.45) is 5.73 Å². The van der Waals surface area contributed by atoms with Crippen molar-refractivity contribution in [2.75, 3.05) is 0 Å². The number of rotatable bonds is 2. The molecule has 1 aliphatic rings. The summed E-state index contributed by atoms with van der Waals surface area (Å²) < 4.78 is 44.4. The second-order valence-corrected chi connectivity index (χ2v) is 4.34. The summed E-state index contributed by atoms with van der Waals surface area (Å²) in [6, 6.07) is 1.99. The molecule has 0 heterocycles. The number of hydrogen-bond acceptors (Lipinski definition) is 2. The van der Waals surface area contributed by atoms with E-state index in [1.807, 2.05) is 0 Å². The number of ether oxygens (including phenoxy) is 1. The molecule has 2 atom stereocenters. The first-order valence-electron chi connectivity index (χ1n) is 5.63. The molecule has 1 fully saturated rings. The van der Waals surface area contributed by atoms with Gasteiger partial charge in [-0.05, 0) is 37.8 Å². The van der Waals surface area contributed by atoms with E-state index in [0.717, 1.165) is 31.4 Å². The largest absolute Gasteiger partial charge is 0.487 e. The van der Waals surface area contributed by atoms with Crippen LogP contribution in [-0.4, -0.2) is 12.1 Å². The summed E-state index contributed by atoms with van der Waals surface area (Å²) in [6.07, 6.45) is 2.96. The molecule has 0 aliphatic heterocycles. The second kappa shape index (κ2) is 4.96. The summed E-state index contributed by atoms with van der Waals surface area (Å²) in [5.41, 5.74) is 5.76. The lowest BCUT2D eigenvalue weighted by Crippen LogP contribution is -2.33. The molecular formula is C12H14F3NO. The molecule has 2 rings (SSSR count). The fourth-order valence-electron chi connectivity index (χ4n) is 2.07. The lowest BCUT2D eigenvalue weighted by atomic mass is 9.93. The Balaban J connectivity index is 2.10. The predicted octanol–water partition coefficient (Wildman–Crippen LogP) is 2.75. The molecule has 1 aliphatic carbocycles. The fraction of sp³-hybridized carbons (Fsp3) is 0.500. The summed E-state index contributed by atoms with van der Waals surface area (Å²) in [5, 5.41) is 0. The zero-order valence-corrected chi connectivity index (χ0v) is 9.26. The summed E-state index contributed by atoms with van der Waals surface area (Å²) in [5.74, 6) is -4.23. The average Bonchev–Trinajstić information content (AvgIpc) is 2.30. The third-order valence-electron chi connectivity index (χ3n) is 2.96. The maximum Gasteiger partial charge on any atom is 0.203 e. The van der Waals surface area contributed by atoms with Gasteiger partial charge in [0.1, 0.15) is 6.10 Å². The quantitative estimate of drug-likeness (QED) is 0.813. The summed E-state index contributed by atoms with van der Waals surface area (Å²) in [4.78, 5) is 0. The number of halogens is 3. The molecule has 1 aromatic rings. The highest BCUT2D eigenvalue weighted by Gasteiger charge is 2.23. The van der Waals surface area contributed by atoms with Crippen LogP contribution in [0, 0.1) is 17.5 Å². The van der Waals surface area contributed by atoms with Crippen LogP contribution in [-0.2, 0) is 0 Å². The summed E-state index contributed by atoms with van der Waals surface area (Å²) >= 11 is 0. The Hall–Kier alpha value is -1.23. The molecular weight excluding hydrogens is 231 g/mol. The van der Waals surface area contributed by atoms with Crippen LogP contribution in [0.3, 0.4) is 0 Å². The SMILES string of the molecule is NC1CCCC(Oc2ccc(F)c(F)c2F)C1. The summed E-state index contributed by atoms with van der Waals surface area (Å²) in [6.45, 7) is 0. The molecule has 0 saturated heterocycles. The van der Waals surface area contributed by atoms with Gasteiger partial charge in [-0.1, -0.05) is 0 Å². The van der Waals surface area contributed by atoms with Crippen molar-refractivity contribution in [1.29, 1.82) is 0 Å². The van der Waals surface area contributed by atoms with Crippen LogP contribution in [0.1, 0.15) is 25.7 Å². The Bertz CT molecular complexity index is 411. The van der Waals surface area contributed by atoms with E-state index in [0.29, 0.717) is 6.42 Å². The molecule has 5 heteroatoms. The molecule has 0 bridgehead atoms. The van der Waals surface area contributed by atoms with Crippen LogP contribution in [0.15, 0.2) is 12.1 Å². The van der Waals surface area contributed by atoms with Gasteiger partial charge in [0.15, 0.2) is 17.4 Å². The maximum absolute atomic E-state index is 13.3. The van der Waals surface area contributed by atoms with Gasteiger partial charge in [-0.15, -0.1) is 0 Å². The highest BCUT2D eigenvalue weighted by molar-refractivity contribution is 5.26. The minimum atomic E-state index is -1.50. The van der Waals surface area contributed by atoms with E-state index in [-0.39, 0.29) is 17.9 Å². The minimum absolute atomic E-state index is 0.0297. The van der Waals surface area contributed by atoms with Crippen LogP contribution in [0.2, 0.25) is 0 Å². The molecule has 2 N–H and O–H groups in total. The summed E-state index contributed by atoms with van der Waals surface area (Å²) in [7, 11) is 0. The standard InChI is InChI=1S/C12H14F3NO/c13-9-4-5-10(12(15)11(9)14)17-8-3-1-2-7(16)6-8/h4-5,7-8H,1-3,6,16H2. The molecule has 2 nitrogen and oxygen atoms in total. The Labute approximate surface area is 97.6 Å². The van der Waals surface area contributed by atoms with Crippen molar-refractivity contribution >= 4 is 0 Å². The smallest absolute Gasteiger partial charge is 0.203 e. The van der Waals surface area contributed by atoms with E-state index < -0.39 is 17.5 Å². The van der Waals surface area contributed by atoms with Crippen molar-refractivity contribution in [3.05, 3.63) is 29.6 Å². The van der Waals surface area contributed by atoms with Crippen molar-refractivity contribution in [3.8, 4) is 5.75 Å². The maximum atomic E-state index is 13.3. The first-order valence-corrected chi connectivity index (χ1v) is 5.63. The highest BCUT2D eigenvalue weighted by Crippen LogP contribution is 2.27. The molecule has 1 aromatic carbocycles. The van der Waals surface area contributed by atoms with Crippen molar-refractivity contribution in [1.82, 2.24) is 0 Å². The molecule has 0 amide bonds. The predicted molar refractivity (Wildman–Crippen MR) is 57.2 cm³/mol. The van der Waals surface area contributed by atoms with Gasteiger partial charge in [0, 0.05) is 6.04 Å². The third-order valence-corrected chi connectivity index (χ3v) is 2.96.